The monoisotopic (exact) mass is 248 g/mol. The number of phenolic OH excluding ortho intramolecular Hbond substituents is 1. The maximum absolute atomic E-state index is 12.3. The minimum Gasteiger partial charge on any atom is -0.508 e. The van der Waals surface area contributed by atoms with E-state index >= 15 is 0 Å². The van der Waals surface area contributed by atoms with Gasteiger partial charge in [-0.1, -0.05) is 0 Å². The lowest BCUT2D eigenvalue weighted by molar-refractivity contribution is 0.302. The highest BCUT2D eigenvalue weighted by molar-refractivity contribution is 7.71. The van der Waals surface area contributed by atoms with Crippen molar-refractivity contribution in [2.24, 2.45) is 0 Å². The molecule has 0 aliphatic heterocycles. The Bertz CT molecular complexity index is 698. The van der Waals surface area contributed by atoms with Gasteiger partial charge in [-0.2, -0.15) is 0 Å². The highest BCUT2D eigenvalue weighted by Crippen LogP contribution is 2.30. The molecular formula is C12H12N2O2S. The Hall–Kier alpha value is -1.62. The van der Waals surface area contributed by atoms with E-state index in [1.54, 1.807) is 16.7 Å². The van der Waals surface area contributed by atoms with Crippen LogP contribution < -0.4 is 5.56 Å². The molecule has 1 aromatic heterocycles. The first-order chi connectivity index (χ1) is 8.16. The van der Waals surface area contributed by atoms with Gasteiger partial charge in [0.15, 0.2) is 4.77 Å². The Morgan fingerprint density at radius 2 is 2.18 bits per heavy atom. The second-order valence-electron chi connectivity index (χ2n) is 4.42. The first-order valence-corrected chi connectivity index (χ1v) is 6.05. The Morgan fingerprint density at radius 3 is 2.82 bits per heavy atom. The van der Waals surface area contributed by atoms with Crippen LogP contribution in [0.1, 0.15) is 25.3 Å². The number of rotatable bonds is 1. The predicted molar refractivity (Wildman–Crippen MR) is 67.9 cm³/mol. The minimum absolute atomic E-state index is 0.0975. The molecule has 1 aromatic carbocycles. The van der Waals surface area contributed by atoms with Crippen molar-refractivity contribution >= 4 is 23.1 Å². The SMILES string of the molecule is O=c1c2cc(O)ccc2[nH]c(=S)n1C1CCC1. The first kappa shape index (κ1) is 10.5. The fourth-order valence-corrected chi connectivity index (χ4v) is 2.53. The molecule has 0 saturated heterocycles. The van der Waals surface area contributed by atoms with Crippen LogP contribution in [0.15, 0.2) is 23.0 Å². The lowest BCUT2D eigenvalue weighted by atomic mass is 9.93. The topological polar surface area (TPSA) is 58.0 Å². The second-order valence-corrected chi connectivity index (χ2v) is 4.81. The third kappa shape index (κ3) is 1.58. The van der Waals surface area contributed by atoms with Crippen molar-refractivity contribution < 1.29 is 5.11 Å². The van der Waals surface area contributed by atoms with Gasteiger partial charge in [-0.15, -0.1) is 0 Å². The summed E-state index contributed by atoms with van der Waals surface area (Å²) in [4.78, 5) is 15.3. The number of H-pyrrole nitrogens is 1. The number of nitrogens with one attached hydrogen (secondary N) is 1. The lowest BCUT2D eigenvalue weighted by Gasteiger charge is -2.27. The quantitative estimate of drug-likeness (QED) is 0.762. The van der Waals surface area contributed by atoms with Crippen LogP contribution in [0.5, 0.6) is 5.75 Å². The molecule has 0 bridgehead atoms. The van der Waals surface area contributed by atoms with Gasteiger partial charge in [0, 0.05) is 6.04 Å². The van der Waals surface area contributed by atoms with Crippen molar-refractivity contribution in [3.63, 3.8) is 0 Å². The number of aromatic amines is 1. The number of nitrogens with zero attached hydrogens (tertiary/aromatic N) is 1. The molecule has 0 unspecified atom stereocenters. The van der Waals surface area contributed by atoms with E-state index in [-0.39, 0.29) is 17.4 Å². The summed E-state index contributed by atoms with van der Waals surface area (Å²) < 4.78 is 2.11. The molecule has 5 heteroatoms. The number of aromatic hydroxyl groups is 1. The summed E-state index contributed by atoms with van der Waals surface area (Å²) in [6.45, 7) is 0. The number of hydrogen-bond donors (Lipinski definition) is 2. The van der Waals surface area contributed by atoms with E-state index in [0.29, 0.717) is 15.7 Å². The molecule has 1 heterocycles. The van der Waals surface area contributed by atoms with Gasteiger partial charge in [0.1, 0.15) is 5.75 Å². The van der Waals surface area contributed by atoms with Crippen LogP contribution in [-0.4, -0.2) is 14.7 Å². The molecular weight excluding hydrogens is 236 g/mol. The third-order valence-electron chi connectivity index (χ3n) is 3.35. The molecule has 0 atom stereocenters. The summed E-state index contributed by atoms with van der Waals surface area (Å²) in [6.07, 6.45) is 3.15. The fraction of sp³-hybridized carbons (Fsp3) is 0.333. The smallest absolute Gasteiger partial charge is 0.262 e. The minimum atomic E-state index is -0.107. The molecule has 1 aliphatic carbocycles. The zero-order valence-corrected chi connectivity index (χ0v) is 9.96. The summed E-state index contributed by atoms with van der Waals surface area (Å²) in [6, 6.07) is 4.92. The Labute approximate surface area is 103 Å². The number of benzene rings is 1. The highest BCUT2D eigenvalue weighted by Gasteiger charge is 2.22. The Balaban J connectivity index is 2.36. The standard InChI is InChI=1S/C12H12N2O2S/c15-8-4-5-10-9(6-8)11(16)14(12(17)13-10)7-2-1-3-7/h4-7,15H,1-3H2,(H,13,17). The molecule has 4 nitrogen and oxygen atoms in total. The van der Waals surface area contributed by atoms with E-state index < -0.39 is 0 Å². The van der Waals surface area contributed by atoms with Gasteiger partial charge in [-0.05, 0) is 49.7 Å². The zero-order chi connectivity index (χ0) is 12.0. The van der Waals surface area contributed by atoms with Crippen molar-refractivity contribution in [2.75, 3.05) is 0 Å². The first-order valence-electron chi connectivity index (χ1n) is 5.64. The van der Waals surface area contributed by atoms with Crippen LogP contribution in [0.3, 0.4) is 0 Å². The van der Waals surface area contributed by atoms with E-state index in [4.69, 9.17) is 12.2 Å². The summed E-state index contributed by atoms with van der Waals surface area (Å²) in [7, 11) is 0. The van der Waals surface area contributed by atoms with Gasteiger partial charge in [0.25, 0.3) is 5.56 Å². The van der Waals surface area contributed by atoms with Gasteiger partial charge in [0.05, 0.1) is 10.9 Å². The van der Waals surface area contributed by atoms with E-state index in [1.807, 2.05) is 0 Å². The largest absolute Gasteiger partial charge is 0.508 e. The molecule has 2 aromatic rings. The van der Waals surface area contributed by atoms with Gasteiger partial charge < -0.3 is 10.1 Å². The zero-order valence-electron chi connectivity index (χ0n) is 9.14. The highest BCUT2D eigenvalue weighted by atomic mass is 32.1. The maximum atomic E-state index is 12.3. The van der Waals surface area contributed by atoms with Crippen LogP contribution in [0.4, 0.5) is 0 Å². The van der Waals surface area contributed by atoms with Crippen molar-refractivity contribution in [3.8, 4) is 5.75 Å². The van der Waals surface area contributed by atoms with E-state index in [9.17, 15) is 9.90 Å². The van der Waals surface area contributed by atoms with Crippen molar-refractivity contribution in [1.29, 1.82) is 0 Å². The predicted octanol–water partition coefficient (Wildman–Crippen LogP) is 2.49. The van der Waals surface area contributed by atoms with E-state index in [2.05, 4.69) is 4.98 Å². The van der Waals surface area contributed by atoms with Gasteiger partial charge in [-0.3, -0.25) is 9.36 Å². The molecule has 1 aliphatic rings. The van der Waals surface area contributed by atoms with Crippen LogP contribution >= 0.6 is 12.2 Å². The van der Waals surface area contributed by atoms with Crippen molar-refractivity contribution in [3.05, 3.63) is 33.3 Å². The normalized spacial score (nSPS) is 16.0. The van der Waals surface area contributed by atoms with Crippen molar-refractivity contribution in [1.82, 2.24) is 9.55 Å². The second kappa shape index (κ2) is 3.70. The molecule has 3 rings (SSSR count). The molecule has 2 N–H and O–H groups in total. The molecule has 17 heavy (non-hydrogen) atoms. The average molecular weight is 248 g/mol. The lowest BCUT2D eigenvalue weighted by Crippen LogP contribution is -2.30. The van der Waals surface area contributed by atoms with E-state index in [0.717, 1.165) is 19.3 Å². The van der Waals surface area contributed by atoms with Crippen LogP contribution in [-0.2, 0) is 0 Å². The Morgan fingerprint density at radius 1 is 1.41 bits per heavy atom. The number of aromatic nitrogens is 2. The molecule has 0 spiro atoms. The Kier molecular flexibility index (Phi) is 2.29. The summed E-state index contributed by atoms with van der Waals surface area (Å²) in [5, 5.41) is 9.93. The molecule has 1 saturated carbocycles. The van der Waals surface area contributed by atoms with Crippen LogP contribution in [0.25, 0.3) is 10.9 Å². The van der Waals surface area contributed by atoms with Crippen LogP contribution in [0, 0.1) is 4.77 Å². The maximum Gasteiger partial charge on any atom is 0.262 e. The fourth-order valence-electron chi connectivity index (χ4n) is 2.19. The van der Waals surface area contributed by atoms with Gasteiger partial charge in [0.2, 0.25) is 0 Å². The summed E-state index contributed by atoms with van der Waals surface area (Å²) in [5.74, 6) is 0.0975. The van der Waals surface area contributed by atoms with E-state index in [1.165, 1.54) is 6.07 Å². The van der Waals surface area contributed by atoms with Gasteiger partial charge in [-0.25, -0.2) is 0 Å². The number of phenols is 1. The molecule has 88 valence electrons. The van der Waals surface area contributed by atoms with Crippen molar-refractivity contribution in [2.45, 2.75) is 25.3 Å². The number of hydrogen-bond acceptors (Lipinski definition) is 3. The summed E-state index contributed by atoms with van der Waals surface area (Å²) >= 11 is 5.22. The number of fused-ring (bicyclic) bond motifs is 1. The summed E-state index contributed by atoms with van der Waals surface area (Å²) in [5.41, 5.74) is 0.567. The molecule has 0 radical (unpaired) electrons. The van der Waals surface area contributed by atoms with Gasteiger partial charge >= 0.3 is 0 Å². The molecule has 1 fully saturated rings. The molecule has 0 amide bonds. The van der Waals surface area contributed by atoms with Crippen LogP contribution in [0.2, 0.25) is 0 Å². The average Bonchev–Trinajstić information content (AvgIpc) is 2.23. The third-order valence-corrected chi connectivity index (χ3v) is 3.65.